The summed E-state index contributed by atoms with van der Waals surface area (Å²) in [7, 11) is 0. The Morgan fingerprint density at radius 3 is 2.94 bits per heavy atom. The molecule has 0 saturated heterocycles. The summed E-state index contributed by atoms with van der Waals surface area (Å²) < 4.78 is 5.63. The third kappa shape index (κ3) is 1.69. The Balaban J connectivity index is 2.11. The van der Waals surface area contributed by atoms with Gasteiger partial charge in [-0.1, -0.05) is 13.0 Å². The maximum absolute atomic E-state index is 11.1. The van der Waals surface area contributed by atoms with Gasteiger partial charge in [-0.15, -0.1) is 0 Å². The van der Waals surface area contributed by atoms with E-state index in [2.05, 4.69) is 11.9 Å². The van der Waals surface area contributed by atoms with Crippen LogP contribution >= 0.6 is 0 Å². The first-order chi connectivity index (χ1) is 8.16. The fourth-order valence-electron chi connectivity index (χ4n) is 2.13. The minimum absolute atomic E-state index is 0.184. The second-order valence-corrected chi connectivity index (χ2v) is 4.64. The van der Waals surface area contributed by atoms with Crippen molar-refractivity contribution in [3.05, 3.63) is 29.7 Å². The average molecular weight is 231 g/mol. The molecule has 1 saturated carbocycles. The second-order valence-electron chi connectivity index (χ2n) is 4.64. The van der Waals surface area contributed by atoms with E-state index >= 15 is 0 Å². The van der Waals surface area contributed by atoms with E-state index in [9.17, 15) is 4.79 Å². The zero-order chi connectivity index (χ0) is 12.0. The van der Waals surface area contributed by atoms with Crippen LogP contribution in [0.4, 0.5) is 0 Å². The van der Waals surface area contributed by atoms with Gasteiger partial charge >= 0.3 is 5.97 Å². The van der Waals surface area contributed by atoms with Crippen LogP contribution in [0.1, 0.15) is 41.9 Å². The molecule has 0 aliphatic heterocycles. The molecule has 1 aromatic heterocycles. The van der Waals surface area contributed by atoms with Crippen LogP contribution in [0.2, 0.25) is 0 Å². The van der Waals surface area contributed by atoms with Crippen LogP contribution in [0.3, 0.4) is 0 Å². The largest absolute Gasteiger partial charge is 0.478 e. The number of benzene rings is 1. The van der Waals surface area contributed by atoms with Crippen molar-refractivity contribution < 1.29 is 14.3 Å². The number of carbonyl (C=O) groups is 1. The minimum atomic E-state index is -0.975. The van der Waals surface area contributed by atoms with Crippen molar-refractivity contribution in [2.45, 2.75) is 25.7 Å². The maximum atomic E-state index is 11.1. The standard InChI is InChI=1S/C13H13NO3/c1-7(8-5-6-8)12-14-10-4-2-3-9(13(15)16)11(10)17-12/h2-4,7-8H,5-6H2,1H3,(H,15,16). The number of rotatable bonds is 3. The normalized spacial score (nSPS) is 17.2. The van der Waals surface area contributed by atoms with E-state index < -0.39 is 5.97 Å². The predicted octanol–water partition coefficient (Wildman–Crippen LogP) is 3.04. The number of hydrogen-bond acceptors (Lipinski definition) is 3. The molecule has 1 atom stereocenters. The van der Waals surface area contributed by atoms with E-state index in [0.29, 0.717) is 22.9 Å². The maximum Gasteiger partial charge on any atom is 0.339 e. The van der Waals surface area contributed by atoms with Crippen molar-refractivity contribution in [3.63, 3.8) is 0 Å². The molecule has 1 aliphatic carbocycles. The number of oxazole rings is 1. The first-order valence-electron chi connectivity index (χ1n) is 5.79. The van der Waals surface area contributed by atoms with Crippen molar-refractivity contribution in [1.82, 2.24) is 4.98 Å². The van der Waals surface area contributed by atoms with Crippen molar-refractivity contribution in [2.24, 2.45) is 5.92 Å². The molecule has 0 bridgehead atoms. The molecule has 88 valence electrons. The molecule has 17 heavy (non-hydrogen) atoms. The molecule has 1 fully saturated rings. The van der Waals surface area contributed by atoms with Gasteiger partial charge in [-0.25, -0.2) is 9.78 Å². The van der Waals surface area contributed by atoms with E-state index in [-0.39, 0.29) is 11.5 Å². The number of hydrogen-bond donors (Lipinski definition) is 1. The fourth-order valence-corrected chi connectivity index (χ4v) is 2.13. The van der Waals surface area contributed by atoms with Crippen LogP contribution in [0, 0.1) is 5.92 Å². The Hall–Kier alpha value is -1.84. The summed E-state index contributed by atoms with van der Waals surface area (Å²) in [6.07, 6.45) is 2.43. The smallest absolute Gasteiger partial charge is 0.339 e. The van der Waals surface area contributed by atoms with Crippen LogP contribution in [-0.2, 0) is 0 Å². The topological polar surface area (TPSA) is 63.3 Å². The SMILES string of the molecule is CC(c1nc2cccc(C(=O)O)c2o1)C1CC1. The highest BCUT2D eigenvalue weighted by Gasteiger charge is 2.32. The molecule has 4 nitrogen and oxygen atoms in total. The molecule has 0 radical (unpaired) electrons. The molecule has 0 amide bonds. The Labute approximate surface area is 98.3 Å². The number of nitrogens with zero attached hydrogens (tertiary/aromatic N) is 1. The van der Waals surface area contributed by atoms with Crippen molar-refractivity contribution in [3.8, 4) is 0 Å². The molecule has 1 unspecified atom stereocenters. The van der Waals surface area contributed by atoms with Crippen molar-refractivity contribution >= 4 is 17.1 Å². The lowest BCUT2D eigenvalue weighted by Gasteiger charge is -2.02. The molecule has 1 N–H and O–H groups in total. The highest BCUT2D eigenvalue weighted by Crippen LogP contribution is 2.42. The van der Waals surface area contributed by atoms with Gasteiger partial charge in [-0.05, 0) is 30.9 Å². The van der Waals surface area contributed by atoms with Gasteiger partial charge < -0.3 is 9.52 Å². The summed E-state index contributed by atoms with van der Waals surface area (Å²) in [6, 6.07) is 5.02. The van der Waals surface area contributed by atoms with Crippen LogP contribution in [-0.4, -0.2) is 16.1 Å². The van der Waals surface area contributed by atoms with E-state index in [1.807, 2.05) is 0 Å². The number of carboxylic acid groups (broad SMARTS) is 1. The lowest BCUT2D eigenvalue weighted by molar-refractivity contribution is 0.0698. The molecule has 3 rings (SSSR count). The molecule has 1 aliphatic rings. The lowest BCUT2D eigenvalue weighted by atomic mass is 10.1. The number of para-hydroxylation sites is 1. The van der Waals surface area contributed by atoms with Crippen LogP contribution in [0.25, 0.3) is 11.1 Å². The number of fused-ring (bicyclic) bond motifs is 1. The first-order valence-corrected chi connectivity index (χ1v) is 5.79. The Bertz CT molecular complexity index is 583. The highest BCUT2D eigenvalue weighted by molar-refractivity contribution is 5.99. The molecule has 2 aromatic rings. The summed E-state index contributed by atoms with van der Waals surface area (Å²) in [5.74, 6) is 0.619. The van der Waals surface area contributed by atoms with Crippen LogP contribution < -0.4 is 0 Å². The lowest BCUT2D eigenvalue weighted by Crippen LogP contribution is -1.96. The van der Waals surface area contributed by atoms with Crippen LogP contribution in [0.5, 0.6) is 0 Å². The summed E-state index contributed by atoms with van der Waals surface area (Å²) in [5.41, 5.74) is 1.21. The van der Waals surface area contributed by atoms with Crippen molar-refractivity contribution in [2.75, 3.05) is 0 Å². The summed E-state index contributed by atoms with van der Waals surface area (Å²) >= 11 is 0. The van der Waals surface area contributed by atoms with Gasteiger partial charge in [0.15, 0.2) is 11.5 Å². The Kier molecular flexibility index (Phi) is 2.18. The van der Waals surface area contributed by atoms with E-state index in [1.165, 1.54) is 12.8 Å². The number of aromatic carboxylic acids is 1. The predicted molar refractivity (Wildman–Crippen MR) is 62.1 cm³/mol. The van der Waals surface area contributed by atoms with Gasteiger partial charge in [-0.2, -0.15) is 0 Å². The third-order valence-electron chi connectivity index (χ3n) is 3.38. The Morgan fingerprint density at radius 1 is 1.53 bits per heavy atom. The summed E-state index contributed by atoms with van der Waals surface area (Å²) in [6.45, 7) is 2.09. The fraction of sp³-hybridized carbons (Fsp3) is 0.385. The van der Waals surface area contributed by atoms with E-state index in [4.69, 9.17) is 9.52 Å². The monoisotopic (exact) mass is 231 g/mol. The molecule has 1 aromatic carbocycles. The summed E-state index contributed by atoms with van der Waals surface area (Å²) in [4.78, 5) is 15.4. The highest BCUT2D eigenvalue weighted by atomic mass is 16.4. The summed E-state index contributed by atoms with van der Waals surface area (Å²) in [5, 5.41) is 9.06. The first kappa shape index (κ1) is 10.3. The van der Waals surface area contributed by atoms with Gasteiger partial charge in [0.05, 0.1) is 0 Å². The zero-order valence-corrected chi connectivity index (χ0v) is 9.51. The van der Waals surface area contributed by atoms with Gasteiger partial charge in [0.1, 0.15) is 11.1 Å². The Morgan fingerprint density at radius 2 is 2.29 bits per heavy atom. The van der Waals surface area contributed by atoms with Crippen LogP contribution in [0.15, 0.2) is 22.6 Å². The average Bonchev–Trinajstić information content (AvgIpc) is 3.05. The van der Waals surface area contributed by atoms with Gasteiger partial charge in [0, 0.05) is 5.92 Å². The molecular weight excluding hydrogens is 218 g/mol. The molecule has 0 spiro atoms. The van der Waals surface area contributed by atoms with Gasteiger partial charge in [0.25, 0.3) is 0 Å². The van der Waals surface area contributed by atoms with E-state index in [0.717, 1.165) is 0 Å². The zero-order valence-electron chi connectivity index (χ0n) is 9.51. The van der Waals surface area contributed by atoms with E-state index in [1.54, 1.807) is 18.2 Å². The minimum Gasteiger partial charge on any atom is -0.478 e. The second kappa shape index (κ2) is 3.58. The van der Waals surface area contributed by atoms with Gasteiger partial charge in [0.2, 0.25) is 0 Å². The third-order valence-corrected chi connectivity index (χ3v) is 3.38. The van der Waals surface area contributed by atoms with Gasteiger partial charge in [-0.3, -0.25) is 0 Å². The number of carboxylic acids is 1. The molecule has 1 heterocycles. The number of aromatic nitrogens is 1. The quantitative estimate of drug-likeness (QED) is 0.881. The molecule has 4 heteroatoms. The molecular formula is C13H13NO3. The van der Waals surface area contributed by atoms with Crippen molar-refractivity contribution in [1.29, 1.82) is 0 Å².